The second-order valence-corrected chi connectivity index (χ2v) is 7.24. The lowest BCUT2D eigenvalue weighted by Gasteiger charge is -2.16. The Morgan fingerprint density at radius 1 is 1.25 bits per heavy atom. The predicted molar refractivity (Wildman–Crippen MR) is 114 cm³/mol. The molecule has 0 aromatic heterocycles. The summed E-state index contributed by atoms with van der Waals surface area (Å²) in [5.41, 5.74) is 6.50. The molecule has 0 spiro atoms. The minimum Gasteiger partial charge on any atom is -0.490 e. The standard InChI is InChI=1S/C22H27ClN2O3/c1-6-27-20-11-17(10-19(23)22(20)28-14(2)3)13-24-25-21(26)12-18-8-7-15(4)9-16(18)5/h7-11,13-14H,6,12H2,1-5H3,(H,25,26)/b24-13+. The van der Waals surface area contributed by atoms with Gasteiger partial charge in [-0.2, -0.15) is 5.10 Å². The van der Waals surface area contributed by atoms with Crippen molar-refractivity contribution in [2.24, 2.45) is 5.10 Å². The number of hydrazone groups is 1. The Balaban J connectivity index is 2.07. The molecule has 1 N–H and O–H groups in total. The van der Waals surface area contributed by atoms with Crippen molar-refractivity contribution in [2.75, 3.05) is 6.61 Å². The maximum absolute atomic E-state index is 12.2. The van der Waals surface area contributed by atoms with Gasteiger partial charge in [0.15, 0.2) is 11.5 Å². The normalized spacial score (nSPS) is 11.1. The van der Waals surface area contributed by atoms with Gasteiger partial charge in [0.1, 0.15) is 0 Å². The first-order valence-electron chi connectivity index (χ1n) is 9.31. The van der Waals surface area contributed by atoms with Gasteiger partial charge in [0.05, 0.1) is 30.4 Å². The Kier molecular flexibility index (Phi) is 7.88. The number of ether oxygens (including phenoxy) is 2. The molecule has 0 unspecified atom stereocenters. The van der Waals surface area contributed by atoms with Gasteiger partial charge < -0.3 is 9.47 Å². The lowest BCUT2D eigenvalue weighted by Crippen LogP contribution is -2.20. The number of carbonyl (C=O) groups is 1. The second-order valence-electron chi connectivity index (χ2n) is 6.83. The number of benzene rings is 2. The molecule has 0 aliphatic heterocycles. The van der Waals surface area contributed by atoms with E-state index in [1.165, 1.54) is 11.8 Å². The second kappa shape index (κ2) is 10.1. The van der Waals surface area contributed by atoms with Gasteiger partial charge in [0.25, 0.3) is 0 Å². The van der Waals surface area contributed by atoms with Crippen molar-refractivity contribution in [1.82, 2.24) is 5.43 Å². The van der Waals surface area contributed by atoms with E-state index < -0.39 is 0 Å². The average molecular weight is 403 g/mol. The highest BCUT2D eigenvalue weighted by atomic mass is 35.5. The maximum Gasteiger partial charge on any atom is 0.244 e. The molecule has 0 atom stereocenters. The number of amides is 1. The molecule has 2 aromatic carbocycles. The van der Waals surface area contributed by atoms with Crippen LogP contribution < -0.4 is 14.9 Å². The van der Waals surface area contributed by atoms with Crippen LogP contribution in [-0.4, -0.2) is 24.8 Å². The Morgan fingerprint density at radius 2 is 2.00 bits per heavy atom. The van der Waals surface area contributed by atoms with Crippen molar-refractivity contribution >= 4 is 23.7 Å². The molecule has 0 saturated heterocycles. The fourth-order valence-corrected chi connectivity index (χ4v) is 2.97. The van der Waals surface area contributed by atoms with E-state index in [4.69, 9.17) is 21.1 Å². The molecule has 0 bridgehead atoms. The smallest absolute Gasteiger partial charge is 0.244 e. The van der Waals surface area contributed by atoms with E-state index in [1.54, 1.807) is 12.1 Å². The molecular formula is C22H27ClN2O3. The van der Waals surface area contributed by atoms with Crippen molar-refractivity contribution in [3.05, 3.63) is 57.6 Å². The van der Waals surface area contributed by atoms with E-state index in [0.29, 0.717) is 28.7 Å². The molecule has 0 fully saturated rings. The Bertz CT molecular complexity index is 863. The van der Waals surface area contributed by atoms with Crippen LogP contribution in [0.15, 0.2) is 35.4 Å². The van der Waals surface area contributed by atoms with Crippen molar-refractivity contribution in [3.63, 3.8) is 0 Å². The number of nitrogens with one attached hydrogen (secondary N) is 1. The summed E-state index contributed by atoms with van der Waals surface area (Å²) in [6, 6.07) is 9.53. The van der Waals surface area contributed by atoms with E-state index in [1.807, 2.05) is 46.8 Å². The van der Waals surface area contributed by atoms with Crippen LogP contribution in [0.1, 0.15) is 43.0 Å². The van der Waals surface area contributed by atoms with Gasteiger partial charge in [-0.25, -0.2) is 5.43 Å². The van der Waals surface area contributed by atoms with E-state index in [9.17, 15) is 4.79 Å². The summed E-state index contributed by atoms with van der Waals surface area (Å²) in [6.45, 7) is 10.2. The summed E-state index contributed by atoms with van der Waals surface area (Å²) >= 11 is 6.34. The molecule has 1 amide bonds. The van der Waals surface area contributed by atoms with Gasteiger partial charge in [-0.1, -0.05) is 35.4 Å². The van der Waals surface area contributed by atoms with Crippen LogP contribution in [0.4, 0.5) is 0 Å². The molecule has 5 nitrogen and oxygen atoms in total. The summed E-state index contributed by atoms with van der Waals surface area (Å²) in [7, 11) is 0. The molecular weight excluding hydrogens is 376 g/mol. The maximum atomic E-state index is 12.2. The zero-order valence-corrected chi connectivity index (χ0v) is 17.8. The lowest BCUT2D eigenvalue weighted by molar-refractivity contribution is -0.120. The van der Waals surface area contributed by atoms with Crippen LogP contribution in [0.2, 0.25) is 5.02 Å². The van der Waals surface area contributed by atoms with Gasteiger partial charge >= 0.3 is 0 Å². The molecule has 28 heavy (non-hydrogen) atoms. The van der Waals surface area contributed by atoms with Crippen LogP contribution in [0.3, 0.4) is 0 Å². The number of hydrogen-bond acceptors (Lipinski definition) is 4. The highest BCUT2D eigenvalue weighted by Crippen LogP contribution is 2.37. The fraction of sp³-hybridized carbons (Fsp3) is 0.364. The zero-order valence-electron chi connectivity index (χ0n) is 17.0. The number of aryl methyl sites for hydroxylation is 2. The number of nitrogens with zero attached hydrogens (tertiary/aromatic N) is 1. The fourth-order valence-electron chi connectivity index (χ4n) is 2.71. The Morgan fingerprint density at radius 3 is 2.64 bits per heavy atom. The molecule has 0 aliphatic carbocycles. The van der Waals surface area contributed by atoms with E-state index in [2.05, 4.69) is 16.6 Å². The molecule has 2 rings (SSSR count). The third-order valence-electron chi connectivity index (χ3n) is 3.94. The first-order valence-corrected chi connectivity index (χ1v) is 9.69. The number of rotatable bonds is 8. The van der Waals surface area contributed by atoms with Gasteiger partial charge in [-0.15, -0.1) is 0 Å². The number of carbonyl (C=O) groups excluding carboxylic acids is 1. The minimum atomic E-state index is -0.181. The molecule has 150 valence electrons. The zero-order chi connectivity index (χ0) is 20.7. The van der Waals surface area contributed by atoms with Crippen molar-refractivity contribution < 1.29 is 14.3 Å². The summed E-state index contributed by atoms with van der Waals surface area (Å²) < 4.78 is 11.4. The topological polar surface area (TPSA) is 59.9 Å². The average Bonchev–Trinajstić information content (AvgIpc) is 2.60. The number of halogens is 1. The highest BCUT2D eigenvalue weighted by Gasteiger charge is 2.13. The monoisotopic (exact) mass is 402 g/mol. The molecule has 0 aliphatic rings. The first-order chi connectivity index (χ1) is 13.3. The van der Waals surface area contributed by atoms with Gasteiger partial charge in [0.2, 0.25) is 5.91 Å². The molecule has 0 heterocycles. The van der Waals surface area contributed by atoms with Gasteiger partial charge in [-0.05, 0) is 63.4 Å². The Hall–Kier alpha value is -2.53. The first kappa shape index (κ1) is 21.8. The summed E-state index contributed by atoms with van der Waals surface area (Å²) in [5, 5.41) is 4.47. The summed E-state index contributed by atoms with van der Waals surface area (Å²) in [6.07, 6.45) is 1.78. The van der Waals surface area contributed by atoms with Crippen molar-refractivity contribution in [2.45, 2.75) is 47.1 Å². The van der Waals surface area contributed by atoms with E-state index in [0.717, 1.165) is 11.1 Å². The van der Waals surface area contributed by atoms with Crippen LogP contribution in [0, 0.1) is 13.8 Å². The predicted octanol–water partition coefficient (Wildman–Crippen LogP) is 4.84. The van der Waals surface area contributed by atoms with Crippen molar-refractivity contribution in [3.8, 4) is 11.5 Å². The molecule has 2 aromatic rings. The molecule has 6 heteroatoms. The van der Waals surface area contributed by atoms with E-state index >= 15 is 0 Å². The Labute approximate surface area is 171 Å². The lowest BCUT2D eigenvalue weighted by atomic mass is 10.0. The van der Waals surface area contributed by atoms with Crippen LogP contribution in [0.5, 0.6) is 11.5 Å². The third-order valence-corrected chi connectivity index (χ3v) is 4.22. The van der Waals surface area contributed by atoms with Crippen LogP contribution in [0.25, 0.3) is 0 Å². The van der Waals surface area contributed by atoms with E-state index in [-0.39, 0.29) is 18.4 Å². The largest absolute Gasteiger partial charge is 0.490 e. The quantitative estimate of drug-likeness (QED) is 0.508. The highest BCUT2D eigenvalue weighted by molar-refractivity contribution is 6.32. The third kappa shape index (κ3) is 6.27. The van der Waals surface area contributed by atoms with Gasteiger partial charge in [-0.3, -0.25) is 4.79 Å². The molecule has 0 saturated carbocycles. The summed E-state index contributed by atoms with van der Waals surface area (Å²) in [4.78, 5) is 12.2. The van der Waals surface area contributed by atoms with Crippen LogP contribution >= 0.6 is 11.6 Å². The SMILES string of the molecule is CCOc1cc(/C=N/NC(=O)Cc2ccc(C)cc2C)cc(Cl)c1OC(C)C. The molecule has 0 radical (unpaired) electrons. The number of hydrogen-bond donors (Lipinski definition) is 1. The van der Waals surface area contributed by atoms with Gasteiger partial charge in [0, 0.05) is 0 Å². The minimum absolute atomic E-state index is 0.0271. The van der Waals surface area contributed by atoms with Crippen molar-refractivity contribution in [1.29, 1.82) is 0 Å². The summed E-state index contributed by atoms with van der Waals surface area (Å²) in [5.74, 6) is 0.875. The van der Waals surface area contributed by atoms with Crippen LogP contribution in [-0.2, 0) is 11.2 Å².